The molecule has 3 aromatic heterocycles. The van der Waals surface area contributed by atoms with Gasteiger partial charge in [-0.25, -0.2) is 14.4 Å². The van der Waals surface area contributed by atoms with Crippen LogP contribution in [0.2, 0.25) is 5.02 Å². The highest BCUT2D eigenvalue weighted by atomic mass is 35.5. The van der Waals surface area contributed by atoms with Crippen LogP contribution in [-0.4, -0.2) is 77.1 Å². The minimum atomic E-state index is -4.65. The SMILES string of the molecule is CCc1c(N2CCN(C(=O)c3ncnc(C)c3O)CC2)c(=O)n2nc(-c3ccc4c(c3F)COC4)nc2n1CC(=O)Nc1ccc(C(F)(F)F)cc1Cl. The predicted molar refractivity (Wildman–Crippen MR) is 182 cm³/mol. The number of carbonyl (C=O) groups excluding carboxylic acids is 2. The van der Waals surface area contributed by atoms with E-state index in [0.717, 1.165) is 16.6 Å². The molecule has 14 nitrogen and oxygen atoms in total. The average molecular weight is 756 g/mol. The van der Waals surface area contributed by atoms with E-state index < -0.39 is 41.5 Å². The van der Waals surface area contributed by atoms with E-state index in [1.165, 1.54) is 21.9 Å². The van der Waals surface area contributed by atoms with E-state index in [9.17, 15) is 32.7 Å². The number of rotatable bonds is 7. The van der Waals surface area contributed by atoms with Crippen molar-refractivity contribution in [2.45, 2.75) is 46.2 Å². The molecule has 2 aliphatic heterocycles. The monoisotopic (exact) mass is 755 g/mol. The van der Waals surface area contributed by atoms with Gasteiger partial charge in [0.1, 0.15) is 24.4 Å². The number of hydrogen-bond donors (Lipinski definition) is 2. The Morgan fingerprint density at radius 2 is 1.83 bits per heavy atom. The van der Waals surface area contributed by atoms with Crippen LogP contribution in [0, 0.1) is 12.7 Å². The number of benzene rings is 2. The summed E-state index contributed by atoms with van der Waals surface area (Å²) >= 11 is 6.11. The van der Waals surface area contributed by atoms with Crippen molar-refractivity contribution in [3.63, 3.8) is 0 Å². The second-order valence-corrected chi connectivity index (χ2v) is 12.8. The van der Waals surface area contributed by atoms with Crippen LogP contribution in [0.3, 0.4) is 0 Å². The van der Waals surface area contributed by atoms with E-state index in [1.54, 1.807) is 24.8 Å². The third-order valence-corrected chi connectivity index (χ3v) is 9.52. The van der Waals surface area contributed by atoms with Crippen molar-refractivity contribution in [3.8, 4) is 17.1 Å². The molecule has 1 fully saturated rings. The number of nitrogens with zero attached hydrogens (tertiary/aromatic N) is 8. The molecule has 0 spiro atoms. The maximum Gasteiger partial charge on any atom is 0.416 e. The van der Waals surface area contributed by atoms with Gasteiger partial charge in [0.15, 0.2) is 17.3 Å². The Morgan fingerprint density at radius 3 is 2.53 bits per heavy atom. The second kappa shape index (κ2) is 13.7. The summed E-state index contributed by atoms with van der Waals surface area (Å²) in [5, 5.41) is 17.0. The topological polar surface area (TPSA) is 160 Å². The number of aromatic hydroxyl groups is 1. The Labute approximate surface area is 302 Å². The number of halogens is 5. The van der Waals surface area contributed by atoms with Crippen LogP contribution < -0.4 is 15.8 Å². The zero-order valence-electron chi connectivity index (χ0n) is 28.2. The summed E-state index contributed by atoms with van der Waals surface area (Å²) in [5.41, 5.74) is -0.0237. The zero-order valence-corrected chi connectivity index (χ0v) is 28.9. The lowest BCUT2D eigenvalue weighted by atomic mass is 10.0. The molecule has 0 radical (unpaired) electrons. The van der Waals surface area contributed by atoms with Crippen LogP contribution in [-0.2, 0) is 41.9 Å². The number of piperazine rings is 1. The van der Waals surface area contributed by atoms with Crippen LogP contribution in [0.15, 0.2) is 41.5 Å². The number of aromatic nitrogens is 6. The fourth-order valence-electron chi connectivity index (χ4n) is 6.46. The van der Waals surface area contributed by atoms with Gasteiger partial charge < -0.3 is 29.5 Å². The number of hydrogen-bond acceptors (Lipinski definition) is 10. The van der Waals surface area contributed by atoms with Gasteiger partial charge in [-0.15, -0.1) is 5.10 Å². The third-order valence-electron chi connectivity index (χ3n) is 9.21. The van der Waals surface area contributed by atoms with Gasteiger partial charge >= 0.3 is 6.18 Å². The quantitative estimate of drug-likeness (QED) is 0.229. The van der Waals surface area contributed by atoms with Gasteiger partial charge in [-0.2, -0.15) is 22.7 Å². The van der Waals surface area contributed by atoms with Crippen molar-refractivity contribution >= 4 is 40.6 Å². The maximum absolute atomic E-state index is 15.7. The first-order chi connectivity index (χ1) is 25.3. The Morgan fingerprint density at radius 1 is 1.08 bits per heavy atom. The molecule has 1 saturated heterocycles. The van der Waals surface area contributed by atoms with E-state index in [1.807, 2.05) is 0 Å². The smallest absolute Gasteiger partial charge is 0.416 e. The number of carbonyl (C=O) groups is 2. The van der Waals surface area contributed by atoms with Crippen molar-refractivity contribution < 1.29 is 37.0 Å². The first-order valence-corrected chi connectivity index (χ1v) is 16.8. The molecule has 0 atom stereocenters. The van der Waals surface area contributed by atoms with Crippen LogP contribution in [0.25, 0.3) is 17.2 Å². The molecule has 0 saturated carbocycles. The molecule has 7 rings (SSSR count). The second-order valence-electron chi connectivity index (χ2n) is 12.4. The van der Waals surface area contributed by atoms with Gasteiger partial charge in [-0.3, -0.25) is 14.4 Å². The molecule has 5 heterocycles. The van der Waals surface area contributed by atoms with E-state index >= 15 is 4.39 Å². The number of alkyl halides is 3. The molecule has 2 N–H and O–H groups in total. The first kappa shape index (κ1) is 35.8. The maximum atomic E-state index is 15.7. The number of fused-ring (bicyclic) bond motifs is 2. The summed E-state index contributed by atoms with van der Waals surface area (Å²) in [7, 11) is 0. The molecule has 0 aliphatic carbocycles. The number of ether oxygens (including phenoxy) is 1. The van der Waals surface area contributed by atoms with Gasteiger partial charge in [0.05, 0.1) is 46.4 Å². The lowest BCUT2D eigenvalue weighted by molar-refractivity contribution is -0.137. The van der Waals surface area contributed by atoms with Gasteiger partial charge in [-0.05, 0) is 43.2 Å². The Balaban J connectivity index is 1.27. The average Bonchev–Trinajstić information content (AvgIpc) is 3.80. The van der Waals surface area contributed by atoms with Crippen molar-refractivity contribution in [1.29, 1.82) is 0 Å². The number of amides is 2. The van der Waals surface area contributed by atoms with Gasteiger partial charge in [0.25, 0.3) is 11.5 Å². The Kier molecular flexibility index (Phi) is 9.27. The molecule has 2 aromatic carbocycles. The molecule has 0 unspecified atom stereocenters. The predicted octanol–water partition coefficient (Wildman–Crippen LogP) is 4.37. The van der Waals surface area contributed by atoms with Crippen molar-refractivity contribution in [2.24, 2.45) is 0 Å². The minimum absolute atomic E-state index is 0.0137. The fraction of sp³-hybridized carbons (Fsp3) is 0.324. The van der Waals surface area contributed by atoms with Crippen LogP contribution in [0.4, 0.5) is 28.9 Å². The lowest BCUT2D eigenvalue weighted by Gasteiger charge is -2.36. The minimum Gasteiger partial charge on any atom is -0.504 e. The van der Waals surface area contributed by atoms with E-state index in [-0.39, 0.29) is 96.5 Å². The molecular formula is C34H30ClF4N9O5. The van der Waals surface area contributed by atoms with Crippen molar-refractivity contribution in [2.75, 3.05) is 36.4 Å². The number of aryl methyl sites for hydroxylation is 1. The highest BCUT2D eigenvalue weighted by molar-refractivity contribution is 6.33. The molecule has 276 valence electrons. The normalized spacial score (nSPS) is 14.5. The van der Waals surface area contributed by atoms with Gasteiger partial charge in [0.2, 0.25) is 11.7 Å². The highest BCUT2D eigenvalue weighted by Crippen LogP contribution is 2.34. The molecule has 2 aliphatic rings. The largest absolute Gasteiger partial charge is 0.504 e. The molecule has 5 aromatic rings. The summed E-state index contributed by atoms with van der Waals surface area (Å²) < 4.78 is 63.2. The van der Waals surface area contributed by atoms with Crippen molar-refractivity contribution in [1.82, 2.24) is 34.0 Å². The molecule has 0 bridgehead atoms. The summed E-state index contributed by atoms with van der Waals surface area (Å²) in [6, 6.07) is 5.69. The first-order valence-electron chi connectivity index (χ1n) is 16.4. The van der Waals surface area contributed by atoms with Crippen LogP contribution >= 0.6 is 11.6 Å². The highest BCUT2D eigenvalue weighted by Gasteiger charge is 2.33. The van der Waals surface area contributed by atoms with Crippen molar-refractivity contribution in [3.05, 3.63) is 91.6 Å². The summed E-state index contributed by atoms with van der Waals surface area (Å²) in [5.74, 6) is -2.36. The zero-order chi connectivity index (χ0) is 37.8. The molecular weight excluding hydrogens is 726 g/mol. The number of anilines is 2. The molecule has 19 heteroatoms. The number of nitrogens with one attached hydrogen (secondary N) is 1. The standard InChI is InChI=1S/C34H30ClF4N9O5/c1-3-24-28(45-8-10-46(11-9-45)31(51)27-29(50)17(2)40-16-41-27)32(52)48-33(43-30(44-48)20-6-4-18-14-53-15-21(18)26(20)36)47(24)13-25(49)42-23-7-5-19(12-22(23)35)34(37,38)39/h4-7,12,16,50H,3,8-11,13-15H2,1-2H3,(H,42,49). The summed E-state index contributed by atoms with van der Waals surface area (Å²) in [4.78, 5) is 56.7. The van der Waals surface area contributed by atoms with Gasteiger partial charge in [-0.1, -0.05) is 24.6 Å². The van der Waals surface area contributed by atoms with E-state index in [2.05, 4.69) is 25.4 Å². The van der Waals surface area contributed by atoms with E-state index in [0.29, 0.717) is 22.9 Å². The summed E-state index contributed by atoms with van der Waals surface area (Å²) in [6.45, 7) is 3.72. The Hall–Kier alpha value is -5.62. The lowest BCUT2D eigenvalue weighted by Crippen LogP contribution is -2.51. The Bertz CT molecular complexity index is 2360. The fourth-order valence-corrected chi connectivity index (χ4v) is 6.69. The van der Waals surface area contributed by atoms with Crippen LogP contribution in [0.5, 0.6) is 5.75 Å². The summed E-state index contributed by atoms with van der Waals surface area (Å²) in [6.07, 6.45) is -3.26. The van der Waals surface area contributed by atoms with Crippen LogP contribution in [0.1, 0.15) is 45.5 Å². The molecule has 2 amide bonds. The third kappa shape index (κ3) is 6.52. The molecule has 53 heavy (non-hydrogen) atoms. The van der Waals surface area contributed by atoms with E-state index in [4.69, 9.17) is 16.3 Å². The van der Waals surface area contributed by atoms with Gasteiger partial charge in [0, 0.05) is 31.7 Å².